The number of amides is 1. The third-order valence-electron chi connectivity index (χ3n) is 3.75. The molecule has 0 aromatic carbocycles. The van der Waals surface area contributed by atoms with Gasteiger partial charge in [-0.15, -0.1) is 0 Å². The molecule has 104 valence electrons. The van der Waals surface area contributed by atoms with Crippen LogP contribution in [0.2, 0.25) is 0 Å². The number of anilines is 1. The van der Waals surface area contributed by atoms with Crippen molar-refractivity contribution in [2.45, 2.75) is 32.4 Å². The highest BCUT2D eigenvalue weighted by molar-refractivity contribution is 5.90. The minimum Gasteiger partial charge on any atom is -0.354 e. The largest absolute Gasteiger partial charge is 0.354 e. The number of aromatic nitrogens is 1. The Balaban J connectivity index is 2.28. The lowest BCUT2D eigenvalue weighted by Crippen LogP contribution is -2.62. The molecule has 1 aliphatic rings. The summed E-state index contributed by atoms with van der Waals surface area (Å²) < 4.78 is 0. The smallest absolute Gasteiger partial charge is 0.247 e. The summed E-state index contributed by atoms with van der Waals surface area (Å²) in [5.74, 6) is 0.134. The van der Waals surface area contributed by atoms with Gasteiger partial charge in [0.15, 0.2) is 0 Å². The van der Waals surface area contributed by atoms with E-state index in [0.717, 1.165) is 24.5 Å². The van der Waals surface area contributed by atoms with Crippen LogP contribution in [-0.2, 0) is 4.79 Å². The molecule has 0 spiro atoms. The molecule has 0 bridgehead atoms. The van der Waals surface area contributed by atoms with Crippen molar-refractivity contribution in [3.05, 3.63) is 24.0 Å². The maximum absolute atomic E-state index is 12.2. The normalized spacial score (nSPS) is 20.6. The van der Waals surface area contributed by atoms with Crippen LogP contribution < -0.4 is 10.6 Å². The van der Waals surface area contributed by atoms with Gasteiger partial charge in [-0.1, -0.05) is 0 Å². The Morgan fingerprint density at radius 1 is 1.37 bits per heavy atom. The number of nitrogens with two attached hydrogens (primary N) is 1. The SMILES string of the molecule is CC(N)c1ccc(N2CCN(C)C(=O)C2(C)C)cn1. The first-order valence-electron chi connectivity index (χ1n) is 6.59. The zero-order valence-corrected chi connectivity index (χ0v) is 12.1. The molecule has 1 unspecified atom stereocenters. The van der Waals surface area contributed by atoms with E-state index in [1.54, 1.807) is 11.1 Å². The van der Waals surface area contributed by atoms with E-state index in [-0.39, 0.29) is 11.9 Å². The summed E-state index contributed by atoms with van der Waals surface area (Å²) in [6, 6.07) is 3.85. The predicted molar refractivity (Wildman–Crippen MR) is 75.9 cm³/mol. The van der Waals surface area contributed by atoms with Gasteiger partial charge in [-0.05, 0) is 32.9 Å². The number of likely N-dealkylation sites (N-methyl/N-ethyl adjacent to an activating group) is 1. The highest BCUT2D eigenvalue weighted by Gasteiger charge is 2.40. The van der Waals surface area contributed by atoms with Crippen molar-refractivity contribution in [2.24, 2.45) is 5.73 Å². The van der Waals surface area contributed by atoms with Crippen LogP contribution in [0.3, 0.4) is 0 Å². The summed E-state index contributed by atoms with van der Waals surface area (Å²) in [6.07, 6.45) is 1.80. The molecule has 19 heavy (non-hydrogen) atoms. The van der Waals surface area contributed by atoms with Gasteiger partial charge in [-0.3, -0.25) is 9.78 Å². The Bertz CT molecular complexity index is 467. The van der Waals surface area contributed by atoms with Crippen LogP contribution in [0.1, 0.15) is 32.5 Å². The fourth-order valence-electron chi connectivity index (χ4n) is 2.49. The lowest BCUT2D eigenvalue weighted by atomic mass is 9.97. The number of pyridine rings is 1. The second kappa shape index (κ2) is 4.81. The third-order valence-corrected chi connectivity index (χ3v) is 3.75. The lowest BCUT2D eigenvalue weighted by Gasteiger charge is -2.46. The quantitative estimate of drug-likeness (QED) is 0.868. The van der Waals surface area contributed by atoms with Gasteiger partial charge in [0.05, 0.1) is 17.6 Å². The molecule has 1 aliphatic heterocycles. The van der Waals surface area contributed by atoms with E-state index in [4.69, 9.17) is 5.73 Å². The van der Waals surface area contributed by atoms with Crippen LogP contribution in [0.15, 0.2) is 18.3 Å². The average molecular weight is 262 g/mol. The van der Waals surface area contributed by atoms with Crippen LogP contribution in [0, 0.1) is 0 Å². The molecule has 2 rings (SSSR count). The fourth-order valence-corrected chi connectivity index (χ4v) is 2.49. The van der Waals surface area contributed by atoms with Crippen molar-refractivity contribution >= 4 is 11.6 Å². The zero-order valence-electron chi connectivity index (χ0n) is 12.1. The zero-order chi connectivity index (χ0) is 14.2. The number of hydrogen-bond acceptors (Lipinski definition) is 4. The summed E-state index contributed by atoms with van der Waals surface area (Å²) in [7, 11) is 1.85. The second-order valence-electron chi connectivity index (χ2n) is 5.67. The van der Waals surface area contributed by atoms with Crippen molar-refractivity contribution < 1.29 is 4.79 Å². The first-order valence-corrected chi connectivity index (χ1v) is 6.59. The van der Waals surface area contributed by atoms with E-state index in [1.807, 2.05) is 40.0 Å². The van der Waals surface area contributed by atoms with Gasteiger partial charge in [0, 0.05) is 26.2 Å². The fraction of sp³-hybridized carbons (Fsp3) is 0.571. The minimum absolute atomic E-state index is 0.0730. The Kier molecular flexibility index (Phi) is 3.49. The monoisotopic (exact) mass is 262 g/mol. The Morgan fingerprint density at radius 3 is 2.58 bits per heavy atom. The van der Waals surface area contributed by atoms with Crippen molar-refractivity contribution in [2.75, 3.05) is 25.0 Å². The van der Waals surface area contributed by atoms with Crippen molar-refractivity contribution in [1.82, 2.24) is 9.88 Å². The van der Waals surface area contributed by atoms with Gasteiger partial charge in [-0.25, -0.2) is 0 Å². The van der Waals surface area contributed by atoms with E-state index in [2.05, 4.69) is 9.88 Å². The molecule has 5 heteroatoms. The standard InChI is InChI=1S/C14H22N4O/c1-10(15)12-6-5-11(9-16-12)18-8-7-17(4)13(19)14(18,2)3/h5-6,9-10H,7-8,15H2,1-4H3. The minimum atomic E-state index is -0.537. The van der Waals surface area contributed by atoms with E-state index in [9.17, 15) is 4.79 Å². The highest BCUT2D eigenvalue weighted by atomic mass is 16.2. The summed E-state index contributed by atoms with van der Waals surface area (Å²) in [5.41, 5.74) is 7.09. The molecule has 0 radical (unpaired) electrons. The number of carbonyl (C=O) groups is 1. The maximum atomic E-state index is 12.2. The summed E-state index contributed by atoms with van der Waals surface area (Å²) >= 11 is 0. The number of hydrogen-bond donors (Lipinski definition) is 1. The molecule has 1 saturated heterocycles. The summed E-state index contributed by atoms with van der Waals surface area (Å²) in [6.45, 7) is 7.35. The number of nitrogens with zero attached hydrogens (tertiary/aromatic N) is 3. The highest BCUT2D eigenvalue weighted by Crippen LogP contribution is 2.28. The first-order chi connectivity index (χ1) is 8.84. The summed E-state index contributed by atoms with van der Waals surface area (Å²) in [5, 5.41) is 0. The number of carbonyl (C=O) groups excluding carboxylic acids is 1. The Hall–Kier alpha value is -1.62. The van der Waals surface area contributed by atoms with Crippen LogP contribution in [0.4, 0.5) is 5.69 Å². The molecule has 2 heterocycles. The number of rotatable bonds is 2. The topological polar surface area (TPSA) is 62.5 Å². The summed E-state index contributed by atoms with van der Waals surface area (Å²) in [4.78, 5) is 20.5. The van der Waals surface area contributed by atoms with Crippen molar-refractivity contribution in [1.29, 1.82) is 0 Å². The van der Waals surface area contributed by atoms with Gasteiger partial charge in [0.1, 0.15) is 5.54 Å². The molecule has 5 nitrogen and oxygen atoms in total. The second-order valence-corrected chi connectivity index (χ2v) is 5.67. The van der Waals surface area contributed by atoms with Gasteiger partial charge >= 0.3 is 0 Å². The molecule has 0 saturated carbocycles. The molecule has 2 N–H and O–H groups in total. The Labute approximate surface area is 114 Å². The van der Waals surface area contributed by atoms with Crippen LogP contribution >= 0.6 is 0 Å². The molecule has 1 aromatic rings. The molecule has 0 aliphatic carbocycles. The van der Waals surface area contributed by atoms with Gasteiger partial charge in [-0.2, -0.15) is 0 Å². The van der Waals surface area contributed by atoms with Gasteiger partial charge in [0.2, 0.25) is 5.91 Å². The molecule has 1 aromatic heterocycles. The first kappa shape index (κ1) is 13.8. The molecular formula is C14H22N4O. The van der Waals surface area contributed by atoms with Crippen LogP contribution in [0.25, 0.3) is 0 Å². The van der Waals surface area contributed by atoms with E-state index >= 15 is 0 Å². The number of piperazine rings is 1. The third kappa shape index (κ3) is 2.42. The van der Waals surface area contributed by atoms with E-state index < -0.39 is 5.54 Å². The van der Waals surface area contributed by atoms with Crippen LogP contribution in [-0.4, -0.2) is 41.5 Å². The maximum Gasteiger partial charge on any atom is 0.247 e. The van der Waals surface area contributed by atoms with E-state index in [0.29, 0.717) is 0 Å². The van der Waals surface area contributed by atoms with Gasteiger partial charge < -0.3 is 15.5 Å². The Morgan fingerprint density at radius 2 is 2.05 bits per heavy atom. The van der Waals surface area contributed by atoms with Crippen molar-refractivity contribution in [3.63, 3.8) is 0 Å². The lowest BCUT2D eigenvalue weighted by molar-refractivity contribution is -0.136. The molecule has 1 amide bonds. The van der Waals surface area contributed by atoms with Gasteiger partial charge in [0.25, 0.3) is 0 Å². The van der Waals surface area contributed by atoms with Crippen molar-refractivity contribution in [3.8, 4) is 0 Å². The van der Waals surface area contributed by atoms with E-state index in [1.165, 1.54) is 0 Å². The average Bonchev–Trinajstić information content (AvgIpc) is 2.36. The molecule has 1 atom stereocenters. The van der Waals surface area contributed by atoms with Crippen LogP contribution in [0.5, 0.6) is 0 Å². The molecular weight excluding hydrogens is 240 g/mol. The predicted octanol–water partition coefficient (Wildman–Crippen LogP) is 1.16. The molecule has 1 fully saturated rings.